The molecule has 0 bridgehead atoms. The molecule has 118 valence electrons. The SMILES string of the molecule is CCOC(=O)C1(NC)CCCC(N(C)CC(F)(F)F)C1. The van der Waals surface area contributed by atoms with Crippen molar-refractivity contribution in [2.45, 2.75) is 50.4 Å². The Kier molecular flexibility index (Phi) is 5.82. The van der Waals surface area contributed by atoms with E-state index < -0.39 is 18.3 Å². The molecule has 1 N–H and O–H groups in total. The molecule has 1 aliphatic rings. The Bertz CT molecular complexity index is 336. The number of ether oxygens (including phenoxy) is 1. The fraction of sp³-hybridized carbons (Fsp3) is 0.923. The summed E-state index contributed by atoms with van der Waals surface area (Å²) in [7, 11) is 3.11. The van der Waals surface area contributed by atoms with Gasteiger partial charge < -0.3 is 10.1 Å². The number of nitrogens with one attached hydrogen (secondary N) is 1. The summed E-state index contributed by atoms with van der Waals surface area (Å²) >= 11 is 0. The minimum absolute atomic E-state index is 0.269. The number of hydrogen-bond donors (Lipinski definition) is 1. The van der Waals surface area contributed by atoms with E-state index >= 15 is 0 Å². The van der Waals surface area contributed by atoms with E-state index in [2.05, 4.69) is 5.32 Å². The van der Waals surface area contributed by atoms with Crippen LogP contribution in [0.5, 0.6) is 0 Å². The van der Waals surface area contributed by atoms with Crippen molar-refractivity contribution < 1.29 is 22.7 Å². The molecule has 1 aliphatic carbocycles. The first-order chi connectivity index (χ1) is 9.24. The van der Waals surface area contributed by atoms with Crippen molar-refractivity contribution >= 4 is 5.97 Å². The highest BCUT2D eigenvalue weighted by Gasteiger charge is 2.45. The van der Waals surface area contributed by atoms with Gasteiger partial charge in [-0.1, -0.05) is 0 Å². The lowest BCUT2D eigenvalue weighted by molar-refractivity contribution is -0.157. The van der Waals surface area contributed by atoms with Crippen molar-refractivity contribution in [2.75, 3.05) is 27.2 Å². The van der Waals surface area contributed by atoms with Crippen LogP contribution in [0.15, 0.2) is 0 Å². The largest absolute Gasteiger partial charge is 0.465 e. The van der Waals surface area contributed by atoms with Gasteiger partial charge in [0.05, 0.1) is 13.2 Å². The second-order valence-corrected chi connectivity index (χ2v) is 5.33. The summed E-state index contributed by atoms with van der Waals surface area (Å²) in [6.07, 6.45) is -1.92. The maximum atomic E-state index is 12.5. The van der Waals surface area contributed by atoms with Crippen molar-refractivity contribution in [1.29, 1.82) is 0 Å². The fourth-order valence-corrected chi connectivity index (χ4v) is 2.82. The monoisotopic (exact) mass is 296 g/mol. The molecule has 0 aromatic rings. The second-order valence-electron chi connectivity index (χ2n) is 5.33. The zero-order valence-corrected chi connectivity index (χ0v) is 12.2. The Hall–Kier alpha value is -0.820. The van der Waals surface area contributed by atoms with Crippen molar-refractivity contribution in [1.82, 2.24) is 10.2 Å². The number of halogens is 3. The minimum Gasteiger partial charge on any atom is -0.465 e. The van der Waals surface area contributed by atoms with Crippen LogP contribution in [0.2, 0.25) is 0 Å². The summed E-state index contributed by atoms with van der Waals surface area (Å²) in [4.78, 5) is 13.4. The van der Waals surface area contributed by atoms with Crippen LogP contribution < -0.4 is 5.32 Å². The summed E-state index contributed by atoms with van der Waals surface area (Å²) in [6, 6.07) is -0.276. The first-order valence-corrected chi connectivity index (χ1v) is 6.87. The van der Waals surface area contributed by atoms with E-state index in [9.17, 15) is 18.0 Å². The third kappa shape index (κ3) is 4.34. The van der Waals surface area contributed by atoms with Crippen molar-refractivity contribution in [2.24, 2.45) is 0 Å². The van der Waals surface area contributed by atoms with Crippen LogP contribution in [0.1, 0.15) is 32.6 Å². The highest BCUT2D eigenvalue weighted by molar-refractivity contribution is 5.81. The summed E-state index contributed by atoms with van der Waals surface area (Å²) in [6.45, 7) is 1.03. The Labute approximate surface area is 117 Å². The van der Waals surface area contributed by atoms with E-state index in [0.29, 0.717) is 25.7 Å². The third-order valence-corrected chi connectivity index (χ3v) is 3.92. The van der Waals surface area contributed by atoms with Crippen molar-refractivity contribution in [3.63, 3.8) is 0 Å². The van der Waals surface area contributed by atoms with E-state index in [1.807, 2.05) is 0 Å². The van der Waals surface area contributed by atoms with Gasteiger partial charge in [-0.3, -0.25) is 9.69 Å². The predicted octanol–water partition coefficient (Wildman–Crippen LogP) is 1.94. The van der Waals surface area contributed by atoms with Crippen LogP contribution in [0.3, 0.4) is 0 Å². The molecule has 0 spiro atoms. The highest BCUT2D eigenvalue weighted by atomic mass is 19.4. The Morgan fingerprint density at radius 2 is 2.15 bits per heavy atom. The molecule has 0 heterocycles. The molecule has 0 aromatic heterocycles. The molecule has 1 rings (SSSR count). The normalized spacial score (nSPS) is 27.6. The molecule has 0 saturated heterocycles. The molecule has 1 saturated carbocycles. The van der Waals surface area contributed by atoms with Gasteiger partial charge in [0, 0.05) is 6.04 Å². The maximum Gasteiger partial charge on any atom is 0.401 e. The van der Waals surface area contributed by atoms with Crippen molar-refractivity contribution in [3.05, 3.63) is 0 Å². The highest BCUT2D eigenvalue weighted by Crippen LogP contribution is 2.33. The summed E-state index contributed by atoms with van der Waals surface area (Å²) in [5.41, 5.74) is -0.862. The van der Waals surface area contributed by atoms with Gasteiger partial charge in [-0.25, -0.2) is 0 Å². The van der Waals surface area contributed by atoms with Gasteiger partial charge in [0.25, 0.3) is 0 Å². The molecule has 4 nitrogen and oxygen atoms in total. The van der Waals surface area contributed by atoms with Gasteiger partial charge in [0.15, 0.2) is 0 Å². The average molecular weight is 296 g/mol. The predicted molar refractivity (Wildman–Crippen MR) is 69.4 cm³/mol. The molecule has 7 heteroatoms. The van der Waals surface area contributed by atoms with Gasteiger partial charge in [-0.2, -0.15) is 13.2 Å². The number of nitrogens with zero attached hydrogens (tertiary/aromatic N) is 1. The van der Waals surface area contributed by atoms with Crippen LogP contribution >= 0.6 is 0 Å². The molecule has 20 heavy (non-hydrogen) atoms. The van der Waals surface area contributed by atoms with E-state index in [0.717, 1.165) is 0 Å². The number of alkyl halides is 3. The third-order valence-electron chi connectivity index (χ3n) is 3.92. The van der Waals surface area contributed by atoms with Crippen LogP contribution in [0.4, 0.5) is 13.2 Å². The van der Waals surface area contributed by atoms with Crippen LogP contribution in [-0.2, 0) is 9.53 Å². The molecular weight excluding hydrogens is 273 g/mol. The minimum atomic E-state index is -4.22. The van der Waals surface area contributed by atoms with E-state index in [1.54, 1.807) is 14.0 Å². The van der Waals surface area contributed by atoms with Crippen LogP contribution in [0.25, 0.3) is 0 Å². The summed E-state index contributed by atoms with van der Waals surface area (Å²) < 4.78 is 42.5. The van der Waals surface area contributed by atoms with Gasteiger partial charge in [0.1, 0.15) is 5.54 Å². The Morgan fingerprint density at radius 1 is 1.50 bits per heavy atom. The Morgan fingerprint density at radius 3 is 2.65 bits per heavy atom. The molecular formula is C13H23F3N2O2. The summed E-state index contributed by atoms with van der Waals surface area (Å²) in [5.74, 6) is -0.368. The Balaban J connectivity index is 2.75. The quantitative estimate of drug-likeness (QED) is 0.787. The number of rotatable bonds is 5. The van der Waals surface area contributed by atoms with E-state index in [-0.39, 0.29) is 18.6 Å². The first kappa shape index (κ1) is 17.2. The summed E-state index contributed by atoms with van der Waals surface area (Å²) in [5, 5.41) is 2.97. The van der Waals surface area contributed by atoms with E-state index in [4.69, 9.17) is 4.74 Å². The molecule has 0 amide bonds. The number of carbonyl (C=O) groups excluding carboxylic acids is 1. The first-order valence-electron chi connectivity index (χ1n) is 6.87. The van der Waals surface area contributed by atoms with Gasteiger partial charge in [0.2, 0.25) is 0 Å². The van der Waals surface area contributed by atoms with Gasteiger partial charge >= 0.3 is 12.1 Å². The molecule has 0 aliphatic heterocycles. The van der Waals surface area contributed by atoms with Gasteiger partial charge in [-0.15, -0.1) is 0 Å². The average Bonchev–Trinajstić information content (AvgIpc) is 2.37. The lowest BCUT2D eigenvalue weighted by Crippen LogP contribution is -2.58. The van der Waals surface area contributed by atoms with Crippen LogP contribution in [-0.4, -0.2) is 55.9 Å². The maximum absolute atomic E-state index is 12.5. The lowest BCUT2D eigenvalue weighted by atomic mass is 9.78. The number of hydrogen-bond acceptors (Lipinski definition) is 4. The number of likely N-dealkylation sites (N-methyl/N-ethyl adjacent to an activating group) is 1. The van der Waals surface area contributed by atoms with Crippen molar-refractivity contribution in [3.8, 4) is 0 Å². The zero-order valence-electron chi connectivity index (χ0n) is 12.2. The molecule has 0 aromatic carbocycles. The fourth-order valence-electron chi connectivity index (χ4n) is 2.82. The molecule has 2 unspecified atom stereocenters. The topological polar surface area (TPSA) is 41.6 Å². The smallest absolute Gasteiger partial charge is 0.401 e. The van der Waals surface area contributed by atoms with Crippen LogP contribution in [0, 0.1) is 0 Å². The molecule has 1 fully saturated rings. The molecule has 0 radical (unpaired) electrons. The molecule has 2 atom stereocenters. The number of esters is 1. The lowest BCUT2D eigenvalue weighted by Gasteiger charge is -2.42. The standard InChI is InChI=1S/C13H23F3N2O2/c1-4-20-11(19)12(17-2)7-5-6-10(8-12)18(3)9-13(14,15)16/h10,17H,4-9H2,1-3H3. The van der Waals surface area contributed by atoms with E-state index in [1.165, 1.54) is 11.9 Å². The number of carbonyl (C=O) groups is 1. The zero-order chi connectivity index (χ0) is 15.4. The second kappa shape index (κ2) is 6.76. The van der Waals surface area contributed by atoms with Gasteiger partial charge in [-0.05, 0) is 46.7 Å².